The van der Waals surface area contributed by atoms with E-state index in [0.29, 0.717) is 17.1 Å². The molecule has 1 aromatic carbocycles. The second kappa shape index (κ2) is 8.35. The molecule has 1 aromatic heterocycles. The van der Waals surface area contributed by atoms with Crippen molar-refractivity contribution >= 4 is 23.2 Å². The average Bonchev–Trinajstić information content (AvgIpc) is 3.13. The van der Waals surface area contributed by atoms with Crippen molar-refractivity contribution in [1.82, 2.24) is 5.32 Å². The molecule has 0 unspecified atom stereocenters. The summed E-state index contributed by atoms with van der Waals surface area (Å²) >= 11 is 1.39. The van der Waals surface area contributed by atoms with Crippen molar-refractivity contribution in [1.29, 1.82) is 0 Å². The van der Waals surface area contributed by atoms with E-state index in [2.05, 4.69) is 5.32 Å². The van der Waals surface area contributed by atoms with Crippen molar-refractivity contribution < 1.29 is 23.8 Å². The molecule has 128 valence electrons. The summed E-state index contributed by atoms with van der Waals surface area (Å²) in [6, 6.07) is 6.66. The Morgan fingerprint density at radius 1 is 1.21 bits per heavy atom. The van der Waals surface area contributed by atoms with Gasteiger partial charge in [0.2, 0.25) is 0 Å². The van der Waals surface area contributed by atoms with Gasteiger partial charge in [-0.25, -0.2) is 4.79 Å². The quantitative estimate of drug-likeness (QED) is 0.778. The molecule has 7 heteroatoms. The third-order valence-electron chi connectivity index (χ3n) is 3.37. The van der Waals surface area contributed by atoms with E-state index in [9.17, 15) is 9.59 Å². The van der Waals surface area contributed by atoms with Gasteiger partial charge in [0.05, 0.1) is 25.8 Å². The molecule has 0 bridgehead atoms. The number of carbonyl (C=O) groups is 2. The fourth-order valence-corrected chi connectivity index (χ4v) is 2.76. The second-order valence-electron chi connectivity index (χ2n) is 4.99. The number of esters is 1. The van der Waals surface area contributed by atoms with Crippen LogP contribution in [-0.2, 0) is 9.53 Å². The molecule has 1 N–H and O–H groups in total. The van der Waals surface area contributed by atoms with Gasteiger partial charge in [0.1, 0.15) is 11.5 Å². The lowest BCUT2D eigenvalue weighted by atomic mass is 10.1. The lowest BCUT2D eigenvalue weighted by molar-refractivity contribution is -0.124. The zero-order valence-corrected chi connectivity index (χ0v) is 14.5. The Bertz CT molecular complexity index is 699. The Morgan fingerprint density at radius 2 is 2.00 bits per heavy atom. The molecule has 6 nitrogen and oxygen atoms in total. The van der Waals surface area contributed by atoms with Crippen molar-refractivity contribution in [2.45, 2.75) is 13.0 Å². The Balaban J connectivity index is 1.95. The number of hydrogen-bond donors (Lipinski definition) is 1. The van der Waals surface area contributed by atoms with Crippen LogP contribution in [0, 0.1) is 0 Å². The van der Waals surface area contributed by atoms with Crippen LogP contribution in [0.4, 0.5) is 0 Å². The standard InChI is InChI=1S/C17H19NO5S/c1-11(14-8-13(21-2)4-5-15(14)22-3)18-16(19)9-23-17(20)12-6-7-24-10-12/h4-8,10-11H,9H2,1-3H3,(H,18,19)/t11-/m1/s1. The monoisotopic (exact) mass is 349 g/mol. The van der Waals surface area contributed by atoms with Gasteiger partial charge in [0.25, 0.3) is 5.91 Å². The van der Waals surface area contributed by atoms with Gasteiger partial charge in [0.15, 0.2) is 6.61 Å². The summed E-state index contributed by atoms with van der Waals surface area (Å²) in [4.78, 5) is 23.7. The lowest BCUT2D eigenvalue weighted by Gasteiger charge is -2.18. The molecule has 0 saturated heterocycles. The molecule has 0 aliphatic heterocycles. The number of nitrogens with one attached hydrogen (secondary N) is 1. The van der Waals surface area contributed by atoms with Gasteiger partial charge in [-0.05, 0) is 36.6 Å². The zero-order valence-electron chi connectivity index (χ0n) is 13.7. The summed E-state index contributed by atoms with van der Waals surface area (Å²) in [7, 11) is 3.13. The molecular weight excluding hydrogens is 330 g/mol. The van der Waals surface area contributed by atoms with Crippen LogP contribution in [0.5, 0.6) is 11.5 Å². The molecule has 0 saturated carbocycles. The smallest absolute Gasteiger partial charge is 0.339 e. The Kier molecular flexibility index (Phi) is 6.20. The van der Waals surface area contributed by atoms with E-state index in [-0.39, 0.29) is 12.6 Å². The van der Waals surface area contributed by atoms with Gasteiger partial charge >= 0.3 is 5.97 Å². The third-order valence-corrected chi connectivity index (χ3v) is 4.06. The Hall–Kier alpha value is -2.54. The number of thiophene rings is 1. The summed E-state index contributed by atoms with van der Waals surface area (Å²) in [5, 5.41) is 6.22. The first-order valence-corrected chi connectivity index (χ1v) is 8.20. The summed E-state index contributed by atoms with van der Waals surface area (Å²) in [5.41, 5.74) is 1.21. The molecule has 1 atom stereocenters. The molecule has 0 fully saturated rings. The predicted molar refractivity (Wildman–Crippen MR) is 90.7 cm³/mol. The van der Waals surface area contributed by atoms with E-state index < -0.39 is 11.9 Å². The number of ether oxygens (including phenoxy) is 3. The first kappa shape index (κ1) is 17.8. The maximum Gasteiger partial charge on any atom is 0.339 e. The van der Waals surface area contributed by atoms with E-state index in [1.165, 1.54) is 11.3 Å². The molecular formula is C17H19NO5S. The van der Waals surface area contributed by atoms with Gasteiger partial charge in [-0.1, -0.05) is 0 Å². The molecule has 0 aliphatic carbocycles. The fourth-order valence-electron chi connectivity index (χ4n) is 2.13. The van der Waals surface area contributed by atoms with E-state index in [0.717, 1.165) is 5.56 Å². The van der Waals surface area contributed by atoms with Crippen LogP contribution in [0.25, 0.3) is 0 Å². The SMILES string of the molecule is COc1ccc(OC)c([C@@H](C)NC(=O)COC(=O)c2ccsc2)c1. The summed E-state index contributed by atoms with van der Waals surface area (Å²) in [6.45, 7) is 1.47. The van der Waals surface area contributed by atoms with Gasteiger partial charge in [-0.15, -0.1) is 0 Å². The van der Waals surface area contributed by atoms with Gasteiger partial charge < -0.3 is 19.5 Å². The highest BCUT2D eigenvalue weighted by atomic mass is 32.1. The van der Waals surface area contributed by atoms with Crippen LogP contribution >= 0.6 is 11.3 Å². The van der Waals surface area contributed by atoms with Gasteiger partial charge in [-0.3, -0.25) is 4.79 Å². The number of methoxy groups -OCH3 is 2. The summed E-state index contributed by atoms with van der Waals surface area (Å²) < 4.78 is 15.5. The number of rotatable bonds is 7. The second-order valence-corrected chi connectivity index (χ2v) is 5.77. The summed E-state index contributed by atoms with van der Waals surface area (Å²) in [5.74, 6) is 0.392. The molecule has 24 heavy (non-hydrogen) atoms. The number of carbonyl (C=O) groups excluding carboxylic acids is 2. The maximum atomic E-state index is 12.0. The minimum Gasteiger partial charge on any atom is -0.497 e. The normalized spacial score (nSPS) is 11.5. The molecule has 2 aromatic rings. The van der Waals surface area contributed by atoms with Crippen molar-refractivity contribution in [2.24, 2.45) is 0 Å². The highest BCUT2D eigenvalue weighted by Gasteiger charge is 2.17. The van der Waals surface area contributed by atoms with Crippen LogP contribution < -0.4 is 14.8 Å². The Morgan fingerprint density at radius 3 is 2.62 bits per heavy atom. The highest BCUT2D eigenvalue weighted by Crippen LogP contribution is 2.29. The van der Waals surface area contributed by atoms with Crippen molar-refractivity contribution in [3.63, 3.8) is 0 Å². The van der Waals surface area contributed by atoms with E-state index in [1.54, 1.807) is 49.2 Å². The minimum absolute atomic E-state index is 0.331. The van der Waals surface area contributed by atoms with E-state index in [4.69, 9.17) is 14.2 Å². The Labute approximate surface area is 144 Å². The maximum absolute atomic E-state index is 12.0. The van der Waals surface area contributed by atoms with Crippen molar-refractivity contribution in [3.05, 3.63) is 46.2 Å². The molecule has 0 spiro atoms. The lowest BCUT2D eigenvalue weighted by Crippen LogP contribution is -2.31. The fraction of sp³-hybridized carbons (Fsp3) is 0.294. The minimum atomic E-state index is -0.516. The molecule has 0 radical (unpaired) electrons. The zero-order chi connectivity index (χ0) is 17.5. The van der Waals surface area contributed by atoms with Crippen LogP contribution in [0.15, 0.2) is 35.0 Å². The van der Waals surface area contributed by atoms with E-state index in [1.807, 2.05) is 6.92 Å². The van der Waals surface area contributed by atoms with Crippen LogP contribution in [0.2, 0.25) is 0 Å². The molecule has 1 heterocycles. The third kappa shape index (κ3) is 4.48. The van der Waals surface area contributed by atoms with Crippen LogP contribution in [0.3, 0.4) is 0 Å². The molecule has 0 aliphatic rings. The number of hydrogen-bond acceptors (Lipinski definition) is 6. The molecule has 2 rings (SSSR count). The largest absolute Gasteiger partial charge is 0.497 e. The van der Waals surface area contributed by atoms with Gasteiger partial charge in [-0.2, -0.15) is 11.3 Å². The van der Waals surface area contributed by atoms with Gasteiger partial charge in [0, 0.05) is 10.9 Å². The first-order chi connectivity index (χ1) is 11.5. The average molecular weight is 349 g/mol. The van der Waals surface area contributed by atoms with Crippen molar-refractivity contribution in [3.8, 4) is 11.5 Å². The number of benzene rings is 1. The first-order valence-electron chi connectivity index (χ1n) is 7.25. The predicted octanol–water partition coefficient (Wildman–Crippen LogP) is 2.80. The van der Waals surface area contributed by atoms with Crippen molar-refractivity contribution in [2.75, 3.05) is 20.8 Å². The van der Waals surface area contributed by atoms with Crippen LogP contribution in [-0.4, -0.2) is 32.7 Å². The highest BCUT2D eigenvalue weighted by molar-refractivity contribution is 7.08. The number of amides is 1. The topological polar surface area (TPSA) is 73.9 Å². The van der Waals surface area contributed by atoms with E-state index >= 15 is 0 Å². The summed E-state index contributed by atoms with van der Waals surface area (Å²) in [6.07, 6.45) is 0. The van der Waals surface area contributed by atoms with Crippen LogP contribution in [0.1, 0.15) is 28.9 Å². The molecule has 1 amide bonds.